The highest BCUT2D eigenvalue weighted by molar-refractivity contribution is 6.08. The minimum Gasteiger partial charge on any atom is -0.472 e. The molecule has 4 rings (SSSR count). The summed E-state index contributed by atoms with van der Waals surface area (Å²) in [5.41, 5.74) is 3.71. The smallest absolute Gasteiger partial charge is 0.272 e. The normalized spacial score (nSPS) is 21.5. The second-order valence-electron chi connectivity index (χ2n) is 7.55. The van der Waals surface area contributed by atoms with Crippen LogP contribution in [0.2, 0.25) is 0 Å². The lowest BCUT2D eigenvalue weighted by molar-refractivity contribution is 0.0795. The Bertz CT molecular complexity index is 890. The standard InChI is InChI=1S/C21H23F2N3O2/c1-13-3-4-17-15(9-13)16-11-25(2)8-6-18(16)26(17)21(27)14-5-7-24-20(10-14)28-12-19(22)23/h3-5,7,9-10,16,18-19H,6,8,11-12H2,1-2H3. The van der Waals surface area contributed by atoms with E-state index in [9.17, 15) is 13.6 Å². The molecule has 1 aromatic carbocycles. The molecule has 0 spiro atoms. The number of alkyl halides is 2. The molecule has 2 aliphatic rings. The molecular formula is C21H23F2N3O2. The Morgan fingerprint density at radius 3 is 2.93 bits per heavy atom. The number of likely N-dealkylation sites (tertiary alicyclic amines) is 1. The van der Waals surface area contributed by atoms with Crippen LogP contribution >= 0.6 is 0 Å². The number of aromatic nitrogens is 1. The van der Waals surface area contributed by atoms with Gasteiger partial charge in [-0.05, 0) is 44.6 Å². The number of nitrogens with zero attached hydrogens (tertiary/aromatic N) is 3. The zero-order valence-corrected chi connectivity index (χ0v) is 15.9. The van der Waals surface area contributed by atoms with Gasteiger partial charge >= 0.3 is 0 Å². The molecule has 1 saturated heterocycles. The van der Waals surface area contributed by atoms with Crippen LogP contribution in [-0.4, -0.2) is 55.0 Å². The van der Waals surface area contributed by atoms with Gasteiger partial charge in [-0.2, -0.15) is 0 Å². The summed E-state index contributed by atoms with van der Waals surface area (Å²) in [6.07, 6.45) is -0.276. The Morgan fingerprint density at radius 1 is 1.32 bits per heavy atom. The maximum atomic E-state index is 13.4. The maximum absolute atomic E-state index is 13.4. The number of hydrogen-bond donors (Lipinski definition) is 0. The first-order valence-electron chi connectivity index (χ1n) is 9.43. The van der Waals surface area contributed by atoms with E-state index < -0.39 is 13.0 Å². The predicted molar refractivity (Wildman–Crippen MR) is 102 cm³/mol. The number of anilines is 1. The van der Waals surface area contributed by atoms with Crippen molar-refractivity contribution in [2.75, 3.05) is 31.6 Å². The van der Waals surface area contributed by atoms with Crippen molar-refractivity contribution < 1.29 is 18.3 Å². The Balaban J connectivity index is 1.66. The summed E-state index contributed by atoms with van der Waals surface area (Å²) in [5.74, 6) is 0.162. The van der Waals surface area contributed by atoms with E-state index in [0.29, 0.717) is 5.56 Å². The third-order valence-electron chi connectivity index (χ3n) is 5.51. The molecule has 0 N–H and O–H groups in total. The van der Waals surface area contributed by atoms with Crippen LogP contribution in [0.15, 0.2) is 36.5 Å². The minimum absolute atomic E-state index is 0.0365. The van der Waals surface area contributed by atoms with Crippen LogP contribution in [0.3, 0.4) is 0 Å². The van der Waals surface area contributed by atoms with E-state index in [-0.39, 0.29) is 23.7 Å². The number of piperidine rings is 1. The summed E-state index contributed by atoms with van der Waals surface area (Å²) in [7, 11) is 2.10. The third-order valence-corrected chi connectivity index (χ3v) is 5.51. The molecule has 2 aliphatic heterocycles. The molecule has 28 heavy (non-hydrogen) atoms. The third kappa shape index (κ3) is 3.46. The first kappa shape index (κ1) is 18.8. The summed E-state index contributed by atoms with van der Waals surface area (Å²) in [5, 5.41) is 0. The Morgan fingerprint density at radius 2 is 2.14 bits per heavy atom. The lowest BCUT2D eigenvalue weighted by atomic mass is 9.89. The lowest BCUT2D eigenvalue weighted by Gasteiger charge is -2.36. The van der Waals surface area contributed by atoms with Crippen LogP contribution in [0.1, 0.15) is 33.8 Å². The number of carbonyl (C=O) groups is 1. The summed E-state index contributed by atoms with van der Waals surface area (Å²) in [6, 6.07) is 9.34. The van der Waals surface area contributed by atoms with Crippen molar-refractivity contribution in [2.24, 2.45) is 0 Å². The van der Waals surface area contributed by atoms with Gasteiger partial charge in [-0.1, -0.05) is 17.7 Å². The minimum atomic E-state index is -2.59. The largest absolute Gasteiger partial charge is 0.472 e. The van der Waals surface area contributed by atoms with Crippen molar-refractivity contribution in [2.45, 2.75) is 31.7 Å². The highest BCUT2D eigenvalue weighted by Crippen LogP contribution is 2.45. The summed E-state index contributed by atoms with van der Waals surface area (Å²) in [6.45, 7) is 3.15. The molecule has 3 heterocycles. The SMILES string of the molecule is Cc1ccc2c(c1)C1CN(C)CCC1N2C(=O)c1ccnc(OCC(F)F)c1. The van der Waals surface area contributed by atoms with Crippen molar-refractivity contribution in [1.82, 2.24) is 9.88 Å². The lowest BCUT2D eigenvalue weighted by Crippen LogP contribution is -2.47. The van der Waals surface area contributed by atoms with Crippen molar-refractivity contribution in [3.05, 3.63) is 53.2 Å². The van der Waals surface area contributed by atoms with Crippen LogP contribution in [0.25, 0.3) is 0 Å². The molecule has 2 unspecified atom stereocenters. The zero-order valence-electron chi connectivity index (χ0n) is 15.9. The van der Waals surface area contributed by atoms with Gasteiger partial charge in [-0.3, -0.25) is 4.79 Å². The molecule has 2 atom stereocenters. The predicted octanol–water partition coefficient (Wildman–Crippen LogP) is 3.48. The average molecular weight is 387 g/mol. The van der Waals surface area contributed by atoms with Crippen LogP contribution in [-0.2, 0) is 0 Å². The monoisotopic (exact) mass is 387 g/mol. The van der Waals surface area contributed by atoms with Crippen LogP contribution in [0.4, 0.5) is 14.5 Å². The molecule has 7 heteroatoms. The molecule has 0 saturated carbocycles. The number of ether oxygens (including phenoxy) is 1. The number of halogens is 2. The van der Waals surface area contributed by atoms with Crippen molar-refractivity contribution in [3.63, 3.8) is 0 Å². The van der Waals surface area contributed by atoms with Gasteiger partial charge in [-0.15, -0.1) is 0 Å². The van der Waals surface area contributed by atoms with E-state index in [0.717, 1.165) is 25.2 Å². The van der Waals surface area contributed by atoms with Crippen molar-refractivity contribution in [1.29, 1.82) is 0 Å². The number of aryl methyl sites for hydroxylation is 1. The highest BCUT2D eigenvalue weighted by atomic mass is 19.3. The molecule has 1 amide bonds. The molecular weight excluding hydrogens is 364 g/mol. The van der Waals surface area contributed by atoms with E-state index in [1.807, 2.05) is 17.0 Å². The average Bonchev–Trinajstić information content (AvgIpc) is 2.99. The molecule has 148 valence electrons. The number of rotatable bonds is 4. The summed E-state index contributed by atoms with van der Waals surface area (Å²) in [4.78, 5) is 21.5. The van der Waals surface area contributed by atoms with Gasteiger partial charge in [0.15, 0.2) is 6.61 Å². The van der Waals surface area contributed by atoms with E-state index in [2.05, 4.69) is 29.9 Å². The fourth-order valence-electron chi connectivity index (χ4n) is 4.26. The molecule has 0 bridgehead atoms. The second kappa shape index (κ2) is 7.47. The fourth-order valence-corrected chi connectivity index (χ4v) is 4.26. The molecule has 0 radical (unpaired) electrons. The zero-order chi connectivity index (χ0) is 19.8. The number of hydrogen-bond acceptors (Lipinski definition) is 4. The second-order valence-corrected chi connectivity index (χ2v) is 7.55. The van der Waals surface area contributed by atoms with Crippen molar-refractivity contribution >= 4 is 11.6 Å². The number of pyridine rings is 1. The highest BCUT2D eigenvalue weighted by Gasteiger charge is 2.44. The summed E-state index contributed by atoms with van der Waals surface area (Å²) < 4.78 is 29.8. The molecule has 1 fully saturated rings. The van der Waals surface area contributed by atoms with Gasteiger partial charge in [0.1, 0.15) is 0 Å². The van der Waals surface area contributed by atoms with Crippen LogP contribution < -0.4 is 9.64 Å². The first-order chi connectivity index (χ1) is 13.4. The molecule has 1 aromatic heterocycles. The molecule has 2 aromatic rings. The van der Waals surface area contributed by atoms with Gasteiger partial charge in [0.2, 0.25) is 5.88 Å². The number of amides is 1. The van der Waals surface area contributed by atoms with Gasteiger partial charge in [0, 0.05) is 42.0 Å². The van der Waals surface area contributed by atoms with Gasteiger partial charge in [0.25, 0.3) is 12.3 Å². The van der Waals surface area contributed by atoms with Crippen molar-refractivity contribution in [3.8, 4) is 5.88 Å². The Hall–Kier alpha value is -2.54. The first-order valence-corrected chi connectivity index (χ1v) is 9.43. The van der Waals surface area contributed by atoms with Gasteiger partial charge < -0.3 is 14.5 Å². The topological polar surface area (TPSA) is 45.7 Å². The van der Waals surface area contributed by atoms with Gasteiger partial charge in [-0.25, -0.2) is 13.8 Å². The number of carbonyl (C=O) groups excluding carboxylic acids is 1. The Labute approximate surface area is 162 Å². The number of likely N-dealkylation sites (N-methyl/N-ethyl adjacent to an activating group) is 1. The van der Waals surface area contributed by atoms with Gasteiger partial charge in [0.05, 0.1) is 0 Å². The number of fused-ring (bicyclic) bond motifs is 3. The molecule has 5 nitrogen and oxygen atoms in total. The van der Waals surface area contributed by atoms with E-state index in [1.165, 1.54) is 23.4 Å². The fraction of sp³-hybridized carbons (Fsp3) is 0.429. The molecule has 0 aliphatic carbocycles. The van der Waals surface area contributed by atoms with E-state index >= 15 is 0 Å². The van der Waals surface area contributed by atoms with Crippen LogP contribution in [0.5, 0.6) is 5.88 Å². The van der Waals surface area contributed by atoms with E-state index in [1.54, 1.807) is 6.07 Å². The quantitative estimate of drug-likeness (QED) is 0.806. The number of benzene rings is 1. The Kier molecular flexibility index (Phi) is 5.02. The van der Waals surface area contributed by atoms with E-state index in [4.69, 9.17) is 4.74 Å². The van der Waals surface area contributed by atoms with Crippen LogP contribution in [0, 0.1) is 6.92 Å². The summed E-state index contributed by atoms with van der Waals surface area (Å²) >= 11 is 0. The maximum Gasteiger partial charge on any atom is 0.272 e.